The normalized spacial score (nSPS) is 11.2. The third kappa shape index (κ3) is 4.18. The van der Waals surface area contributed by atoms with Crippen molar-refractivity contribution in [3.05, 3.63) is 68.5 Å². The molecule has 0 saturated carbocycles. The molecule has 0 unspecified atom stereocenters. The number of aromatic nitrogens is 1. The molecule has 2 aromatic carbocycles. The first-order valence-corrected chi connectivity index (χ1v) is 8.92. The van der Waals surface area contributed by atoms with E-state index in [4.69, 9.17) is 23.2 Å². The van der Waals surface area contributed by atoms with Crippen molar-refractivity contribution in [2.75, 3.05) is 5.43 Å². The third-order valence-electron chi connectivity index (χ3n) is 3.38. The van der Waals surface area contributed by atoms with Crippen LogP contribution in [0.4, 0.5) is 5.69 Å². The number of hydrogen-bond donors (Lipinski definition) is 1. The molecule has 0 aliphatic carbocycles. The monoisotopic (exact) mass is 386 g/mol. The summed E-state index contributed by atoms with van der Waals surface area (Å²) in [5.41, 5.74) is 6.47. The molecule has 25 heavy (non-hydrogen) atoms. The van der Waals surface area contributed by atoms with Crippen LogP contribution in [0, 0.1) is 18.3 Å². The van der Waals surface area contributed by atoms with Crippen molar-refractivity contribution in [2.45, 2.75) is 6.92 Å². The van der Waals surface area contributed by atoms with Gasteiger partial charge in [0.15, 0.2) is 10.7 Å². The molecule has 1 N–H and O–H groups in total. The van der Waals surface area contributed by atoms with Gasteiger partial charge in [0, 0.05) is 16.0 Å². The van der Waals surface area contributed by atoms with Crippen LogP contribution in [0.25, 0.3) is 11.3 Å². The fourth-order valence-electron chi connectivity index (χ4n) is 2.06. The molecular formula is C18H12Cl2N4S. The minimum atomic E-state index is 0.180. The highest BCUT2D eigenvalue weighted by Gasteiger charge is 2.11. The molecule has 0 aliphatic heterocycles. The van der Waals surface area contributed by atoms with Gasteiger partial charge in [-0.2, -0.15) is 10.4 Å². The molecule has 1 heterocycles. The maximum Gasteiger partial charge on any atom is 0.196 e. The Morgan fingerprint density at radius 1 is 1.20 bits per heavy atom. The van der Waals surface area contributed by atoms with Crippen LogP contribution in [-0.4, -0.2) is 10.7 Å². The van der Waals surface area contributed by atoms with E-state index in [1.165, 1.54) is 16.9 Å². The van der Waals surface area contributed by atoms with E-state index in [1.807, 2.05) is 36.6 Å². The largest absolute Gasteiger partial charge is 0.276 e. The summed E-state index contributed by atoms with van der Waals surface area (Å²) >= 11 is 13.4. The average Bonchev–Trinajstić information content (AvgIpc) is 3.09. The molecular weight excluding hydrogens is 375 g/mol. The Hall–Kier alpha value is -2.39. The van der Waals surface area contributed by atoms with Gasteiger partial charge in [0.25, 0.3) is 0 Å². The Labute approximate surface area is 159 Å². The van der Waals surface area contributed by atoms with E-state index < -0.39 is 0 Å². The van der Waals surface area contributed by atoms with Crippen molar-refractivity contribution in [3.8, 4) is 17.3 Å². The van der Waals surface area contributed by atoms with E-state index in [0.717, 1.165) is 11.3 Å². The van der Waals surface area contributed by atoms with Crippen molar-refractivity contribution < 1.29 is 0 Å². The number of thiazole rings is 1. The first-order valence-electron chi connectivity index (χ1n) is 7.28. The van der Waals surface area contributed by atoms with E-state index in [1.54, 1.807) is 18.2 Å². The first-order chi connectivity index (χ1) is 12.1. The fraction of sp³-hybridized carbons (Fsp3) is 0.0556. The second-order valence-corrected chi connectivity index (χ2v) is 6.91. The summed E-state index contributed by atoms with van der Waals surface area (Å²) in [6.07, 6.45) is 0. The van der Waals surface area contributed by atoms with Crippen LogP contribution in [-0.2, 0) is 0 Å². The zero-order chi connectivity index (χ0) is 17.8. The second kappa shape index (κ2) is 7.66. The number of hydrogen-bond acceptors (Lipinski definition) is 5. The third-order valence-corrected chi connectivity index (χ3v) is 4.79. The van der Waals surface area contributed by atoms with Gasteiger partial charge in [-0.25, -0.2) is 4.98 Å². The van der Waals surface area contributed by atoms with Crippen LogP contribution in [0.15, 0.2) is 52.9 Å². The Kier molecular flexibility index (Phi) is 5.34. The van der Waals surface area contributed by atoms with Crippen molar-refractivity contribution in [1.82, 2.24) is 4.98 Å². The van der Waals surface area contributed by atoms with Crippen LogP contribution in [0.2, 0.25) is 10.0 Å². The molecule has 0 atom stereocenters. The molecule has 3 aromatic rings. The molecule has 0 spiro atoms. The molecule has 4 nitrogen and oxygen atoms in total. The number of hydrazone groups is 1. The maximum atomic E-state index is 9.38. The Bertz CT molecular complexity index is 971. The summed E-state index contributed by atoms with van der Waals surface area (Å²) in [6.45, 7) is 2.03. The Morgan fingerprint density at radius 2 is 1.96 bits per heavy atom. The predicted molar refractivity (Wildman–Crippen MR) is 105 cm³/mol. The second-order valence-electron chi connectivity index (χ2n) is 5.21. The predicted octanol–water partition coefficient (Wildman–Crippen LogP) is 5.77. The van der Waals surface area contributed by atoms with E-state index in [0.29, 0.717) is 20.7 Å². The topological polar surface area (TPSA) is 61.1 Å². The number of benzene rings is 2. The van der Waals surface area contributed by atoms with E-state index in [2.05, 4.69) is 21.6 Å². The molecule has 124 valence electrons. The van der Waals surface area contributed by atoms with Crippen molar-refractivity contribution in [3.63, 3.8) is 0 Å². The minimum Gasteiger partial charge on any atom is -0.276 e. The van der Waals surface area contributed by atoms with Crippen LogP contribution < -0.4 is 5.43 Å². The van der Waals surface area contributed by atoms with E-state index in [-0.39, 0.29) is 5.71 Å². The van der Waals surface area contributed by atoms with Crippen molar-refractivity contribution in [1.29, 1.82) is 5.26 Å². The highest BCUT2D eigenvalue weighted by molar-refractivity contribution is 7.12. The summed E-state index contributed by atoms with van der Waals surface area (Å²) in [6, 6.07) is 15.1. The van der Waals surface area contributed by atoms with Gasteiger partial charge in [0.2, 0.25) is 0 Å². The molecule has 3 rings (SSSR count). The summed E-state index contributed by atoms with van der Waals surface area (Å²) in [5.74, 6) is 0. The molecule has 1 aromatic heterocycles. The van der Waals surface area contributed by atoms with E-state index in [9.17, 15) is 5.26 Å². The minimum absolute atomic E-state index is 0.180. The van der Waals surface area contributed by atoms with Gasteiger partial charge in [-0.05, 0) is 25.1 Å². The van der Waals surface area contributed by atoms with Crippen LogP contribution >= 0.6 is 34.5 Å². The number of nitrogens with one attached hydrogen (secondary N) is 1. The first kappa shape index (κ1) is 17.4. The molecule has 0 radical (unpaired) electrons. The number of aryl methyl sites for hydroxylation is 1. The highest BCUT2D eigenvalue weighted by Crippen LogP contribution is 2.26. The van der Waals surface area contributed by atoms with Gasteiger partial charge in [0.05, 0.1) is 16.4 Å². The lowest BCUT2D eigenvalue weighted by atomic mass is 10.1. The lowest BCUT2D eigenvalue weighted by molar-refractivity contribution is 1.31. The van der Waals surface area contributed by atoms with Crippen molar-refractivity contribution in [2.24, 2.45) is 5.10 Å². The Balaban J connectivity index is 1.85. The number of rotatable bonds is 4. The molecule has 0 bridgehead atoms. The maximum absolute atomic E-state index is 9.38. The van der Waals surface area contributed by atoms with Gasteiger partial charge >= 0.3 is 0 Å². The zero-order valence-corrected chi connectivity index (χ0v) is 15.5. The molecule has 0 amide bonds. The van der Waals surface area contributed by atoms with Crippen LogP contribution in [0.1, 0.15) is 10.6 Å². The van der Waals surface area contributed by atoms with Gasteiger partial charge in [0.1, 0.15) is 6.07 Å². The fourth-order valence-corrected chi connectivity index (χ4v) is 3.16. The van der Waals surface area contributed by atoms with Crippen molar-refractivity contribution >= 4 is 45.9 Å². The molecule has 0 saturated heterocycles. The molecule has 7 heteroatoms. The van der Waals surface area contributed by atoms with Gasteiger partial charge in [-0.3, -0.25) is 5.43 Å². The zero-order valence-electron chi connectivity index (χ0n) is 13.1. The lowest BCUT2D eigenvalue weighted by Crippen LogP contribution is -2.01. The standard InChI is InChI=1S/C18H12Cl2N4S/c1-11-2-4-12(5-3-11)17-10-25-18(22-17)16(9-21)24-23-15-8-13(19)6-7-14(15)20/h2-8,10,23H,1H3/b24-16-. The van der Waals surface area contributed by atoms with Gasteiger partial charge in [-0.15, -0.1) is 11.3 Å². The average molecular weight is 387 g/mol. The number of nitriles is 1. The van der Waals surface area contributed by atoms with Gasteiger partial charge in [-0.1, -0.05) is 53.0 Å². The van der Waals surface area contributed by atoms with E-state index >= 15 is 0 Å². The smallest absolute Gasteiger partial charge is 0.196 e. The quantitative estimate of drug-likeness (QED) is 0.457. The van der Waals surface area contributed by atoms with Crippen LogP contribution in [0.3, 0.4) is 0 Å². The SMILES string of the molecule is Cc1ccc(-c2csc(/C(C#N)=N\Nc3cc(Cl)ccc3Cl)n2)cc1. The summed E-state index contributed by atoms with van der Waals surface area (Å²) < 4.78 is 0. The molecule has 0 fully saturated rings. The number of halogens is 2. The Morgan fingerprint density at radius 3 is 2.68 bits per heavy atom. The summed E-state index contributed by atoms with van der Waals surface area (Å²) in [4.78, 5) is 4.50. The number of anilines is 1. The summed E-state index contributed by atoms with van der Waals surface area (Å²) in [7, 11) is 0. The lowest BCUT2D eigenvalue weighted by Gasteiger charge is -2.03. The van der Waals surface area contributed by atoms with Crippen LogP contribution in [0.5, 0.6) is 0 Å². The highest BCUT2D eigenvalue weighted by atomic mass is 35.5. The van der Waals surface area contributed by atoms with Gasteiger partial charge < -0.3 is 0 Å². The number of nitrogens with zero attached hydrogens (tertiary/aromatic N) is 3. The summed E-state index contributed by atoms with van der Waals surface area (Å²) in [5, 5.41) is 16.9. The molecule has 0 aliphatic rings.